The fourth-order valence-corrected chi connectivity index (χ4v) is 9.22. The molecule has 1 spiro atoms. The second-order valence-electron chi connectivity index (χ2n) is 11.8. The van der Waals surface area contributed by atoms with E-state index in [9.17, 15) is 22.0 Å². The maximum absolute atomic E-state index is 13.8. The first kappa shape index (κ1) is 26.8. The number of alkyl halides is 2. The van der Waals surface area contributed by atoms with Crippen LogP contribution in [-0.2, 0) is 28.4 Å². The Bertz CT molecular complexity index is 1700. The Morgan fingerprint density at radius 2 is 1.85 bits per heavy atom. The van der Waals surface area contributed by atoms with Crippen LogP contribution < -0.4 is 0 Å². The van der Waals surface area contributed by atoms with Crippen molar-refractivity contribution in [3.05, 3.63) is 22.7 Å². The molecule has 1 amide bonds. The van der Waals surface area contributed by atoms with E-state index in [0.29, 0.717) is 49.1 Å². The van der Waals surface area contributed by atoms with Crippen molar-refractivity contribution in [1.82, 2.24) is 34.1 Å². The van der Waals surface area contributed by atoms with Crippen LogP contribution in [-0.4, -0.2) is 85.0 Å². The molecule has 2 atom stereocenters. The van der Waals surface area contributed by atoms with Gasteiger partial charge in [0.2, 0.25) is 5.91 Å². The molecular weight excluding hydrogens is 574 g/mol. The maximum atomic E-state index is 13.8. The van der Waals surface area contributed by atoms with Gasteiger partial charge in [-0.05, 0) is 43.4 Å². The first-order valence-electron chi connectivity index (χ1n) is 13.7. The number of sulfonamides is 1. The Balaban J connectivity index is 1.30. The molecule has 3 saturated heterocycles. The molecule has 11 nitrogen and oxygen atoms in total. The van der Waals surface area contributed by atoms with E-state index in [1.807, 2.05) is 18.7 Å². The van der Waals surface area contributed by atoms with Gasteiger partial charge in [0.15, 0.2) is 10.0 Å². The third-order valence-corrected chi connectivity index (χ3v) is 11.5. The number of halogens is 2. The molecule has 2 bridgehead atoms. The number of hydrogen-bond donors (Lipinski definition) is 1. The maximum Gasteiger partial charge on any atom is 0.291 e. The summed E-state index contributed by atoms with van der Waals surface area (Å²) in [6.45, 7) is 5.61. The molecule has 1 N–H and O–H groups in total. The standard InChI is InChI=1S/C26H30F2N8O3S2/c1-13(2)24(37)35-15-4-5-16(35)12-34(11-15)10-14-8-17(41(38,39)36-25(29)26(36)6-7-26)9-18-19(32-33(3)20(14)18)22-30-31-23(40-22)21(27)28/h8-9,13,15-16,21,29H,4-7,10-12H2,1-3H3. The summed E-state index contributed by atoms with van der Waals surface area (Å²) < 4.78 is 57.0. The second-order valence-corrected chi connectivity index (χ2v) is 14.6. The van der Waals surface area contributed by atoms with Crippen molar-refractivity contribution in [2.75, 3.05) is 13.1 Å². The van der Waals surface area contributed by atoms with Crippen LogP contribution in [0.3, 0.4) is 0 Å². The van der Waals surface area contributed by atoms with E-state index in [1.165, 1.54) is 10.4 Å². The Morgan fingerprint density at radius 3 is 2.41 bits per heavy atom. The molecule has 4 aliphatic rings. The molecule has 15 heteroatoms. The zero-order valence-corrected chi connectivity index (χ0v) is 24.5. The number of rotatable bonds is 7. The van der Waals surface area contributed by atoms with Crippen LogP contribution in [0.1, 0.15) is 56.5 Å². The molecule has 3 aliphatic heterocycles. The summed E-state index contributed by atoms with van der Waals surface area (Å²) in [5.41, 5.74) is 1.03. The highest BCUT2D eigenvalue weighted by molar-refractivity contribution is 7.90. The molecule has 41 heavy (non-hydrogen) atoms. The van der Waals surface area contributed by atoms with E-state index < -0.39 is 27.0 Å². The highest BCUT2D eigenvalue weighted by Gasteiger charge is 2.72. The third-order valence-electron chi connectivity index (χ3n) is 8.77. The molecule has 0 radical (unpaired) electrons. The highest BCUT2D eigenvalue weighted by Crippen LogP contribution is 2.58. The number of piperazine rings is 1. The van der Waals surface area contributed by atoms with Gasteiger partial charge >= 0.3 is 0 Å². The predicted molar refractivity (Wildman–Crippen MR) is 147 cm³/mol. The van der Waals surface area contributed by atoms with Gasteiger partial charge in [0.25, 0.3) is 16.4 Å². The average molecular weight is 605 g/mol. The largest absolute Gasteiger partial charge is 0.334 e. The van der Waals surface area contributed by atoms with Gasteiger partial charge in [0.1, 0.15) is 17.1 Å². The molecule has 3 aromatic rings. The number of benzene rings is 1. The van der Waals surface area contributed by atoms with Crippen molar-refractivity contribution in [1.29, 1.82) is 5.41 Å². The average Bonchev–Trinajstić information content (AvgIpc) is 3.61. The smallest absolute Gasteiger partial charge is 0.291 e. The van der Waals surface area contributed by atoms with Gasteiger partial charge in [-0.1, -0.05) is 25.2 Å². The van der Waals surface area contributed by atoms with Gasteiger partial charge < -0.3 is 4.90 Å². The number of amides is 1. The van der Waals surface area contributed by atoms with Crippen molar-refractivity contribution >= 4 is 44.0 Å². The Kier molecular flexibility index (Phi) is 5.88. The minimum atomic E-state index is -4.00. The van der Waals surface area contributed by atoms with E-state index in [4.69, 9.17) is 5.41 Å². The fourth-order valence-electron chi connectivity index (χ4n) is 6.65. The second kappa shape index (κ2) is 8.98. The number of likely N-dealkylation sites (tertiary alicyclic amines) is 1. The molecule has 1 aromatic carbocycles. The molecule has 1 saturated carbocycles. The highest BCUT2D eigenvalue weighted by atomic mass is 32.2. The minimum Gasteiger partial charge on any atom is -0.334 e. The number of carbonyl (C=O) groups excluding carboxylic acids is 1. The Hall–Kier alpha value is -3.04. The molecule has 7 rings (SSSR count). The van der Waals surface area contributed by atoms with Crippen LogP contribution in [0.25, 0.3) is 21.6 Å². The normalized spacial score (nSPS) is 23.5. The number of nitrogens with one attached hydrogen (secondary N) is 1. The number of aromatic nitrogens is 4. The molecule has 5 heterocycles. The van der Waals surface area contributed by atoms with Crippen LogP contribution in [0.4, 0.5) is 8.78 Å². The number of nitrogens with zero attached hydrogens (tertiary/aromatic N) is 7. The van der Waals surface area contributed by atoms with Crippen LogP contribution in [0.15, 0.2) is 17.0 Å². The van der Waals surface area contributed by atoms with E-state index >= 15 is 0 Å². The van der Waals surface area contributed by atoms with Crippen LogP contribution in [0.5, 0.6) is 0 Å². The monoisotopic (exact) mass is 604 g/mol. The number of hydrogen-bond acceptors (Lipinski definition) is 9. The van der Waals surface area contributed by atoms with Gasteiger partial charge in [-0.2, -0.15) is 5.10 Å². The van der Waals surface area contributed by atoms with E-state index in [0.717, 1.165) is 29.7 Å². The van der Waals surface area contributed by atoms with Crippen molar-refractivity contribution in [2.45, 2.75) is 75.0 Å². The zero-order valence-electron chi connectivity index (χ0n) is 22.8. The summed E-state index contributed by atoms with van der Waals surface area (Å²) in [7, 11) is -2.27. The van der Waals surface area contributed by atoms with E-state index in [-0.39, 0.29) is 39.6 Å². The summed E-state index contributed by atoms with van der Waals surface area (Å²) >= 11 is 0.730. The minimum absolute atomic E-state index is 0.0398. The first-order valence-corrected chi connectivity index (χ1v) is 16.0. The van der Waals surface area contributed by atoms with E-state index in [2.05, 4.69) is 20.2 Å². The van der Waals surface area contributed by atoms with Gasteiger partial charge in [0.05, 0.1) is 10.4 Å². The Labute approximate surface area is 239 Å². The number of amidine groups is 1. The summed E-state index contributed by atoms with van der Waals surface area (Å²) in [6.07, 6.45) is 0.371. The molecule has 1 aliphatic carbocycles. The fraction of sp³-hybridized carbons (Fsp3) is 0.577. The Morgan fingerprint density at radius 1 is 1.17 bits per heavy atom. The van der Waals surface area contributed by atoms with Crippen molar-refractivity contribution < 1.29 is 22.0 Å². The predicted octanol–water partition coefficient (Wildman–Crippen LogP) is 3.37. The molecule has 4 fully saturated rings. The molecule has 2 unspecified atom stereocenters. The molecule has 2 aromatic heterocycles. The summed E-state index contributed by atoms with van der Waals surface area (Å²) in [6, 6.07) is 3.39. The lowest BCUT2D eigenvalue weighted by molar-refractivity contribution is -0.140. The summed E-state index contributed by atoms with van der Waals surface area (Å²) in [4.78, 5) is 17.2. The van der Waals surface area contributed by atoms with Crippen molar-refractivity contribution in [3.63, 3.8) is 0 Å². The van der Waals surface area contributed by atoms with Crippen LogP contribution in [0, 0.1) is 11.3 Å². The van der Waals surface area contributed by atoms with Crippen LogP contribution in [0.2, 0.25) is 0 Å². The number of aryl methyl sites for hydroxylation is 1. The lowest BCUT2D eigenvalue weighted by Gasteiger charge is -2.42. The topological polar surface area (TPSA) is 128 Å². The van der Waals surface area contributed by atoms with Crippen molar-refractivity contribution in [2.24, 2.45) is 13.0 Å². The van der Waals surface area contributed by atoms with Gasteiger partial charge in [-0.25, -0.2) is 21.5 Å². The SMILES string of the molecule is CC(C)C(=O)N1C2CCC1CN(Cc1cc(S(=O)(=O)N3C(=N)C34CC4)cc3c(-c4nnc(C(F)F)s4)nn(C)c13)C2. The van der Waals surface area contributed by atoms with Gasteiger partial charge in [0, 0.05) is 50.1 Å². The zero-order chi connectivity index (χ0) is 29.0. The lowest BCUT2D eigenvalue weighted by Crippen LogP contribution is -2.56. The van der Waals surface area contributed by atoms with Gasteiger partial charge in [-0.15, -0.1) is 10.2 Å². The number of carbonyl (C=O) groups is 1. The molecule has 218 valence electrons. The summed E-state index contributed by atoms with van der Waals surface area (Å²) in [5, 5.41) is 20.6. The quantitative estimate of drug-likeness (QED) is 0.410. The lowest BCUT2D eigenvalue weighted by atomic mass is 10.1. The van der Waals surface area contributed by atoms with Crippen LogP contribution >= 0.6 is 11.3 Å². The molecular formula is C26H30F2N8O3S2. The van der Waals surface area contributed by atoms with E-state index in [1.54, 1.807) is 17.8 Å². The third kappa shape index (κ3) is 4.02. The first-order chi connectivity index (χ1) is 19.4. The summed E-state index contributed by atoms with van der Waals surface area (Å²) in [5.74, 6) is 0.203. The number of fused-ring (bicyclic) bond motifs is 3. The van der Waals surface area contributed by atoms with Gasteiger partial charge in [-0.3, -0.25) is 19.8 Å². The van der Waals surface area contributed by atoms with Crippen molar-refractivity contribution in [3.8, 4) is 10.7 Å².